The van der Waals surface area contributed by atoms with Crippen molar-refractivity contribution in [3.63, 3.8) is 0 Å². The van der Waals surface area contributed by atoms with Crippen LogP contribution in [-0.2, 0) is 7.05 Å². The number of carbonyl (C=O) groups excluding carboxylic acids is 1. The molecule has 1 aromatic carbocycles. The number of halogens is 2. The Balaban J connectivity index is 2.18. The number of nitrogens with zero attached hydrogens (tertiary/aromatic N) is 2. The molecule has 0 aliphatic carbocycles. The maximum absolute atomic E-state index is 11.9. The molecule has 0 bridgehead atoms. The van der Waals surface area contributed by atoms with E-state index in [9.17, 15) is 4.79 Å². The van der Waals surface area contributed by atoms with Crippen molar-refractivity contribution in [2.24, 2.45) is 7.05 Å². The molecule has 0 atom stereocenters. The lowest BCUT2D eigenvalue weighted by molar-refractivity contribution is 0.102. The average molecular weight is 362 g/mol. The zero-order chi connectivity index (χ0) is 12.4. The molecule has 2 rings (SSSR count). The molecule has 0 fully saturated rings. The van der Waals surface area contributed by atoms with Gasteiger partial charge in [-0.25, -0.2) is 0 Å². The molecule has 6 heteroatoms. The van der Waals surface area contributed by atoms with E-state index < -0.39 is 0 Å². The van der Waals surface area contributed by atoms with Gasteiger partial charge < -0.3 is 5.32 Å². The molecule has 0 unspecified atom stereocenters. The number of aryl methyl sites for hydroxylation is 1. The second-order valence-corrected chi connectivity index (χ2v) is 5.08. The average Bonchev–Trinajstić information content (AvgIpc) is 2.69. The molecule has 17 heavy (non-hydrogen) atoms. The maximum Gasteiger partial charge on any atom is 0.258 e. The predicted molar refractivity (Wildman–Crippen MR) is 75.3 cm³/mol. The summed E-state index contributed by atoms with van der Waals surface area (Å²) in [5.41, 5.74) is 1.27. The molecule has 0 aliphatic heterocycles. The first kappa shape index (κ1) is 12.4. The number of nitrogens with one attached hydrogen (secondary N) is 1. The van der Waals surface area contributed by atoms with Crippen LogP contribution in [0.4, 0.5) is 5.69 Å². The highest BCUT2D eigenvalue weighted by Gasteiger charge is 2.09. The first-order chi connectivity index (χ1) is 8.06. The zero-order valence-electron chi connectivity index (χ0n) is 8.95. The normalized spacial score (nSPS) is 10.3. The van der Waals surface area contributed by atoms with Crippen molar-refractivity contribution in [3.05, 3.63) is 44.7 Å². The third kappa shape index (κ3) is 2.98. The first-order valence-corrected chi connectivity index (χ1v) is 6.27. The molecule has 1 N–H and O–H groups in total. The third-order valence-corrected chi connectivity index (χ3v) is 3.27. The fourth-order valence-corrected chi connectivity index (χ4v) is 2.33. The lowest BCUT2D eigenvalue weighted by Crippen LogP contribution is -2.12. The standard InChI is InChI=1S/C11H9ClIN3O/c1-16-6-7(5-14-16)11(17)15-10-3-2-8(12)4-9(10)13/h2-6H,1H3,(H,15,17). The number of rotatable bonds is 2. The minimum Gasteiger partial charge on any atom is -0.321 e. The van der Waals surface area contributed by atoms with E-state index in [-0.39, 0.29) is 5.91 Å². The molecule has 1 heterocycles. The number of hydrogen-bond acceptors (Lipinski definition) is 2. The quantitative estimate of drug-likeness (QED) is 0.836. The van der Waals surface area contributed by atoms with Crippen LogP contribution in [0.5, 0.6) is 0 Å². The van der Waals surface area contributed by atoms with Gasteiger partial charge >= 0.3 is 0 Å². The van der Waals surface area contributed by atoms with Crippen molar-refractivity contribution >= 4 is 45.8 Å². The fourth-order valence-electron chi connectivity index (χ4n) is 1.32. The van der Waals surface area contributed by atoms with E-state index in [0.717, 1.165) is 9.26 Å². The van der Waals surface area contributed by atoms with Crippen molar-refractivity contribution in [2.75, 3.05) is 5.32 Å². The van der Waals surface area contributed by atoms with Crippen molar-refractivity contribution in [3.8, 4) is 0 Å². The summed E-state index contributed by atoms with van der Waals surface area (Å²) >= 11 is 7.97. The largest absolute Gasteiger partial charge is 0.321 e. The maximum atomic E-state index is 11.9. The van der Waals surface area contributed by atoms with Gasteiger partial charge in [0.2, 0.25) is 0 Å². The molecule has 0 saturated carbocycles. The van der Waals surface area contributed by atoms with Gasteiger partial charge in [-0.05, 0) is 40.8 Å². The van der Waals surface area contributed by atoms with Gasteiger partial charge in [0.05, 0.1) is 17.4 Å². The molecule has 0 spiro atoms. The summed E-state index contributed by atoms with van der Waals surface area (Å²) in [4.78, 5) is 11.9. The highest BCUT2D eigenvalue weighted by molar-refractivity contribution is 14.1. The summed E-state index contributed by atoms with van der Waals surface area (Å²) in [6.07, 6.45) is 3.19. The Kier molecular flexibility index (Phi) is 3.68. The molecule has 0 aliphatic rings. The molecule has 0 saturated heterocycles. The number of amides is 1. The van der Waals surface area contributed by atoms with Crippen LogP contribution in [0.2, 0.25) is 5.02 Å². The van der Waals surface area contributed by atoms with E-state index >= 15 is 0 Å². The monoisotopic (exact) mass is 361 g/mol. The van der Waals surface area contributed by atoms with Gasteiger partial charge in [-0.2, -0.15) is 5.10 Å². The van der Waals surface area contributed by atoms with Crippen LogP contribution < -0.4 is 5.32 Å². The summed E-state index contributed by atoms with van der Waals surface area (Å²) in [5.74, 6) is -0.182. The van der Waals surface area contributed by atoms with Crippen LogP contribution >= 0.6 is 34.2 Å². The van der Waals surface area contributed by atoms with Gasteiger partial charge in [-0.1, -0.05) is 11.6 Å². The van der Waals surface area contributed by atoms with Gasteiger partial charge in [0.25, 0.3) is 5.91 Å². The van der Waals surface area contributed by atoms with Gasteiger partial charge in [-0.15, -0.1) is 0 Å². The number of benzene rings is 1. The van der Waals surface area contributed by atoms with Crippen LogP contribution in [-0.4, -0.2) is 15.7 Å². The molecule has 1 aromatic heterocycles. The number of carbonyl (C=O) groups is 1. The number of aromatic nitrogens is 2. The second kappa shape index (κ2) is 5.05. The van der Waals surface area contributed by atoms with Crippen molar-refractivity contribution in [1.82, 2.24) is 9.78 Å². The molecule has 88 valence electrons. The number of hydrogen-bond donors (Lipinski definition) is 1. The Morgan fingerprint density at radius 2 is 2.29 bits per heavy atom. The molecular formula is C11H9ClIN3O. The molecule has 1 amide bonds. The third-order valence-electron chi connectivity index (χ3n) is 2.15. The van der Waals surface area contributed by atoms with E-state index in [2.05, 4.69) is 33.0 Å². The number of anilines is 1. The molecule has 2 aromatic rings. The van der Waals surface area contributed by atoms with Crippen LogP contribution in [0.1, 0.15) is 10.4 Å². The summed E-state index contributed by atoms with van der Waals surface area (Å²) < 4.78 is 2.48. The zero-order valence-corrected chi connectivity index (χ0v) is 11.9. The Labute approximate surface area is 117 Å². The highest BCUT2D eigenvalue weighted by Crippen LogP contribution is 2.22. The predicted octanol–water partition coefficient (Wildman–Crippen LogP) is 2.93. The van der Waals surface area contributed by atoms with Crippen molar-refractivity contribution in [1.29, 1.82) is 0 Å². The van der Waals surface area contributed by atoms with Crippen LogP contribution in [0.3, 0.4) is 0 Å². The molecule has 4 nitrogen and oxygen atoms in total. The minimum absolute atomic E-state index is 0.182. The topological polar surface area (TPSA) is 46.9 Å². The Bertz CT molecular complexity index is 568. The molecular weight excluding hydrogens is 352 g/mol. The minimum atomic E-state index is -0.182. The van der Waals surface area contributed by atoms with E-state index in [1.807, 2.05) is 0 Å². The van der Waals surface area contributed by atoms with Gasteiger partial charge in [0, 0.05) is 21.8 Å². The molecule has 0 radical (unpaired) electrons. The van der Waals surface area contributed by atoms with Crippen LogP contribution in [0.15, 0.2) is 30.6 Å². The van der Waals surface area contributed by atoms with Crippen LogP contribution in [0, 0.1) is 3.57 Å². The van der Waals surface area contributed by atoms with E-state index in [1.165, 1.54) is 6.20 Å². The summed E-state index contributed by atoms with van der Waals surface area (Å²) in [7, 11) is 1.77. The van der Waals surface area contributed by atoms with Crippen molar-refractivity contribution in [2.45, 2.75) is 0 Å². The van der Waals surface area contributed by atoms with E-state index in [1.54, 1.807) is 36.1 Å². The van der Waals surface area contributed by atoms with Gasteiger partial charge in [0.15, 0.2) is 0 Å². The SMILES string of the molecule is Cn1cc(C(=O)Nc2ccc(Cl)cc2I)cn1. The van der Waals surface area contributed by atoms with E-state index in [4.69, 9.17) is 11.6 Å². The Morgan fingerprint density at radius 1 is 1.53 bits per heavy atom. The van der Waals surface area contributed by atoms with Gasteiger partial charge in [-0.3, -0.25) is 9.48 Å². The van der Waals surface area contributed by atoms with Crippen LogP contribution in [0.25, 0.3) is 0 Å². The lowest BCUT2D eigenvalue weighted by Gasteiger charge is -2.06. The van der Waals surface area contributed by atoms with Gasteiger partial charge in [0.1, 0.15) is 0 Å². The Morgan fingerprint density at radius 3 is 2.88 bits per heavy atom. The highest BCUT2D eigenvalue weighted by atomic mass is 127. The Hall–Kier alpha value is -1.08. The van der Waals surface area contributed by atoms with Crippen molar-refractivity contribution < 1.29 is 4.79 Å². The summed E-state index contributed by atoms with van der Waals surface area (Å²) in [6, 6.07) is 5.31. The fraction of sp³-hybridized carbons (Fsp3) is 0.0909. The smallest absolute Gasteiger partial charge is 0.258 e. The van der Waals surface area contributed by atoms with E-state index in [0.29, 0.717) is 10.6 Å². The second-order valence-electron chi connectivity index (χ2n) is 3.48. The lowest BCUT2D eigenvalue weighted by atomic mass is 10.3. The first-order valence-electron chi connectivity index (χ1n) is 4.81. The summed E-state index contributed by atoms with van der Waals surface area (Å²) in [5, 5.41) is 7.40. The summed E-state index contributed by atoms with van der Waals surface area (Å²) in [6.45, 7) is 0.